The lowest BCUT2D eigenvalue weighted by molar-refractivity contribution is -0.125. The van der Waals surface area contributed by atoms with Crippen LogP contribution in [0.3, 0.4) is 0 Å². The van der Waals surface area contributed by atoms with Gasteiger partial charge < -0.3 is 5.32 Å². The molecule has 0 heterocycles. The number of rotatable bonds is 6. The molecule has 2 aromatic rings. The lowest BCUT2D eigenvalue weighted by Gasteiger charge is -2.27. The highest BCUT2D eigenvalue weighted by Gasteiger charge is 2.31. The number of carbonyl (C=O) groups excluding carboxylic acids is 1. The van der Waals surface area contributed by atoms with Crippen LogP contribution in [0.15, 0.2) is 48.5 Å². The Balaban J connectivity index is 2.32. The van der Waals surface area contributed by atoms with Crippen molar-refractivity contribution in [1.29, 1.82) is 0 Å². The molecule has 0 aliphatic carbocycles. The number of benzene rings is 2. The van der Waals surface area contributed by atoms with E-state index in [1.807, 2.05) is 39.0 Å². The van der Waals surface area contributed by atoms with Crippen LogP contribution < -0.4 is 5.32 Å². The first-order valence-electron chi connectivity index (χ1n) is 8.46. The van der Waals surface area contributed by atoms with Crippen molar-refractivity contribution >= 4 is 15.9 Å². The fourth-order valence-corrected chi connectivity index (χ4v) is 3.64. The molecule has 0 aromatic heterocycles. The molecule has 2 rings (SSSR count). The number of hydrogen-bond donors (Lipinski definition) is 1. The summed E-state index contributed by atoms with van der Waals surface area (Å²) in [7, 11) is -2.11. The maximum absolute atomic E-state index is 13.0. The van der Waals surface area contributed by atoms with Crippen LogP contribution in [0.4, 0.5) is 0 Å². The van der Waals surface area contributed by atoms with Crippen LogP contribution in [0.2, 0.25) is 0 Å². The van der Waals surface area contributed by atoms with E-state index in [4.69, 9.17) is 0 Å². The first-order valence-corrected chi connectivity index (χ1v) is 10.3. The Kier molecular flexibility index (Phi) is 6.21. The van der Waals surface area contributed by atoms with Crippen molar-refractivity contribution in [1.82, 2.24) is 9.62 Å². The van der Waals surface area contributed by atoms with Gasteiger partial charge in [-0.2, -0.15) is 4.31 Å². The van der Waals surface area contributed by atoms with E-state index in [2.05, 4.69) is 11.4 Å². The van der Waals surface area contributed by atoms with Gasteiger partial charge in [-0.1, -0.05) is 54.1 Å². The topological polar surface area (TPSA) is 66.5 Å². The van der Waals surface area contributed by atoms with Gasteiger partial charge in [0.25, 0.3) is 0 Å². The molecular formula is C20H26N2O3S. The zero-order chi connectivity index (χ0) is 19.5. The monoisotopic (exact) mass is 374 g/mol. The molecule has 1 amide bonds. The van der Waals surface area contributed by atoms with Crippen LogP contribution >= 0.6 is 0 Å². The van der Waals surface area contributed by atoms with Crippen molar-refractivity contribution in [2.24, 2.45) is 0 Å². The second-order valence-corrected chi connectivity index (χ2v) is 8.72. The van der Waals surface area contributed by atoms with Crippen LogP contribution in [-0.2, 0) is 14.8 Å². The summed E-state index contributed by atoms with van der Waals surface area (Å²) >= 11 is 0. The van der Waals surface area contributed by atoms with Crippen LogP contribution in [0.5, 0.6) is 0 Å². The smallest absolute Gasteiger partial charge is 0.243 e. The van der Waals surface area contributed by atoms with Crippen molar-refractivity contribution in [3.63, 3.8) is 0 Å². The fraction of sp³-hybridized carbons (Fsp3) is 0.350. The molecule has 6 heteroatoms. The van der Waals surface area contributed by atoms with E-state index in [1.54, 1.807) is 24.3 Å². The minimum atomic E-state index is -3.54. The molecule has 0 bridgehead atoms. The predicted molar refractivity (Wildman–Crippen MR) is 104 cm³/mol. The van der Waals surface area contributed by atoms with Gasteiger partial charge in [-0.3, -0.25) is 4.79 Å². The maximum atomic E-state index is 13.0. The summed E-state index contributed by atoms with van der Waals surface area (Å²) in [6.07, 6.45) is 1.10. The van der Waals surface area contributed by atoms with E-state index in [0.29, 0.717) is 5.56 Å². The molecule has 2 aromatic carbocycles. The number of likely N-dealkylation sites (N-methyl/N-ethyl adjacent to an activating group) is 1. The number of sulfonamides is 1. The molecule has 2 atom stereocenters. The number of hydrogen-bond acceptors (Lipinski definition) is 3. The van der Waals surface area contributed by atoms with Gasteiger partial charge in [0.15, 0.2) is 0 Å². The number of nitrogens with zero attached hydrogens (tertiary/aromatic N) is 1. The standard InChI is InChI=1S/C20H26N2O3S/c1-14-11-12-18(15(2)13-14)16(3)21-20(23)19(22(4)26(5,24)25)17-9-7-6-8-10-17/h6-13,16,19H,1-5H3,(H,21,23). The quantitative estimate of drug-likeness (QED) is 0.845. The third kappa shape index (κ3) is 4.71. The molecular weight excluding hydrogens is 348 g/mol. The number of aryl methyl sites for hydroxylation is 2. The Hall–Kier alpha value is -2.18. The van der Waals surface area contributed by atoms with Gasteiger partial charge in [0.2, 0.25) is 15.9 Å². The van der Waals surface area contributed by atoms with Crippen molar-refractivity contribution in [3.8, 4) is 0 Å². The van der Waals surface area contributed by atoms with Gasteiger partial charge in [0, 0.05) is 7.05 Å². The molecule has 5 nitrogen and oxygen atoms in total. The molecule has 0 radical (unpaired) electrons. The number of carbonyl (C=O) groups is 1. The molecule has 1 N–H and O–H groups in total. The third-order valence-corrected chi connectivity index (χ3v) is 5.76. The molecule has 0 spiro atoms. The maximum Gasteiger partial charge on any atom is 0.243 e. The highest BCUT2D eigenvalue weighted by atomic mass is 32.2. The highest BCUT2D eigenvalue weighted by Crippen LogP contribution is 2.24. The van der Waals surface area contributed by atoms with Crippen LogP contribution in [0, 0.1) is 13.8 Å². The van der Waals surface area contributed by atoms with E-state index >= 15 is 0 Å². The molecule has 26 heavy (non-hydrogen) atoms. The summed E-state index contributed by atoms with van der Waals surface area (Å²) < 4.78 is 25.2. The Labute approximate surface area is 156 Å². The lowest BCUT2D eigenvalue weighted by Crippen LogP contribution is -2.42. The fourth-order valence-electron chi connectivity index (χ4n) is 3.03. The van der Waals surface area contributed by atoms with Crippen molar-refractivity contribution in [2.75, 3.05) is 13.3 Å². The normalized spacial score (nSPS) is 14.1. The minimum absolute atomic E-state index is 0.234. The summed E-state index contributed by atoms with van der Waals surface area (Å²) in [6.45, 7) is 5.92. The summed E-state index contributed by atoms with van der Waals surface area (Å²) in [5, 5.41) is 2.96. The van der Waals surface area contributed by atoms with Crippen molar-refractivity contribution in [2.45, 2.75) is 32.9 Å². The van der Waals surface area contributed by atoms with Crippen LogP contribution in [0.1, 0.15) is 41.3 Å². The third-order valence-electron chi connectivity index (χ3n) is 4.50. The van der Waals surface area contributed by atoms with E-state index in [0.717, 1.165) is 27.3 Å². The second-order valence-electron chi connectivity index (χ2n) is 6.68. The van der Waals surface area contributed by atoms with E-state index in [9.17, 15) is 13.2 Å². The van der Waals surface area contributed by atoms with Crippen molar-refractivity contribution < 1.29 is 13.2 Å². The zero-order valence-electron chi connectivity index (χ0n) is 15.9. The van der Waals surface area contributed by atoms with E-state index in [1.165, 1.54) is 7.05 Å². The van der Waals surface area contributed by atoms with E-state index in [-0.39, 0.29) is 11.9 Å². The minimum Gasteiger partial charge on any atom is -0.348 e. The van der Waals surface area contributed by atoms with Gasteiger partial charge >= 0.3 is 0 Å². The average Bonchev–Trinajstić information content (AvgIpc) is 2.54. The molecule has 0 aliphatic heterocycles. The Bertz CT molecular complexity index is 879. The molecule has 0 fully saturated rings. The average molecular weight is 375 g/mol. The van der Waals surface area contributed by atoms with Crippen LogP contribution in [0.25, 0.3) is 0 Å². The Morgan fingerprint density at radius 2 is 1.69 bits per heavy atom. The van der Waals surface area contributed by atoms with Gasteiger partial charge in [0.1, 0.15) is 6.04 Å². The Morgan fingerprint density at radius 1 is 1.08 bits per heavy atom. The largest absolute Gasteiger partial charge is 0.348 e. The highest BCUT2D eigenvalue weighted by molar-refractivity contribution is 7.88. The first kappa shape index (κ1) is 20.1. The Morgan fingerprint density at radius 3 is 2.23 bits per heavy atom. The summed E-state index contributed by atoms with van der Waals surface area (Å²) in [4.78, 5) is 13.0. The summed E-state index contributed by atoms with van der Waals surface area (Å²) in [5.41, 5.74) is 3.89. The predicted octanol–water partition coefficient (Wildman–Crippen LogP) is 3.11. The summed E-state index contributed by atoms with van der Waals surface area (Å²) in [5.74, 6) is -0.350. The van der Waals surface area contributed by atoms with E-state index < -0.39 is 16.1 Å². The molecule has 2 unspecified atom stereocenters. The van der Waals surface area contributed by atoms with Gasteiger partial charge in [-0.15, -0.1) is 0 Å². The van der Waals surface area contributed by atoms with Crippen LogP contribution in [-0.4, -0.2) is 31.9 Å². The molecule has 0 aliphatic rings. The molecule has 140 valence electrons. The number of nitrogens with one attached hydrogen (secondary N) is 1. The van der Waals surface area contributed by atoms with Gasteiger partial charge in [-0.05, 0) is 37.5 Å². The number of amides is 1. The molecule has 0 saturated heterocycles. The lowest BCUT2D eigenvalue weighted by atomic mass is 9.99. The van der Waals surface area contributed by atoms with Gasteiger partial charge in [0.05, 0.1) is 12.3 Å². The first-order chi connectivity index (χ1) is 12.1. The second kappa shape index (κ2) is 8.01. The summed E-state index contributed by atoms with van der Waals surface area (Å²) in [6, 6.07) is 13.8. The van der Waals surface area contributed by atoms with Gasteiger partial charge in [-0.25, -0.2) is 8.42 Å². The zero-order valence-corrected chi connectivity index (χ0v) is 16.7. The SMILES string of the molecule is Cc1ccc(C(C)NC(=O)C(c2ccccc2)N(C)S(C)(=O)=O)c(C)c1. The molecule has 0 saturated carbocycles. The van der Waals surface area contributed by atoms with Crippen molar-refractivity contribution in [3.05, 3.63) is 70.8 Å².